The van der Waals surface area contributed by atoms with E-state index in [2.05, 4.69) is 22.0 Å². The maximum absolute atomic E-state index is 6.15. The van der Waals surface area contributed by atoms with Crippen LogP contribution < -0.4 is 5.73 Å². The van der Waals surface area contributed by atoms with Crippen LogP contribution in [0.2, 0.25) is 10.0 Å². The molecule has 2 rings (SSSR count). The summed E-state index contributed by atoms with van der Waals surface area (Å²) in [5, 5.41) is 1.27. The smallest absolute Gasteiger partial charge is 0.0603 e. The SMILES string of the molecule is CC(N)C(Sc1ccc(Cl)c(Cl)c1)c1ccccc1Br. The number of halogens is 3. The summed E-state index contributed by atoms with van der Waals surface area (Å²) in [7, 11) is 0. The molecule has 0 aliphatic rings. The van der Waals surface area contributed by atoms with Crippen LogP contribution in [0.3, 0.4) is 0 Å². The third-order valence-electron chi connectivity index (χ3n) is 2.84. The van der Waals surface area contributed by atoms with Crippen molar-refractivity contribution >= 4 is 50.9 Å². The number of thioether (sulfide) groups is 1. The third kappa shape index (κ3) is 3.92. The fourth-order valence-electron chi connectivity index (χ4n) is 1.86. The van der Waals surface area contributed by atoms with Crippen LogP contribution in [0.4, 0.5) is 0 Å². The van der Waals surface area contributed by atoms with E-state index in [-0.39, 0.29) is 11.3 Å². The molecule has 2 aromatic rings. The van der Waals surface area contributed by atoms with Gasteiger partial charge in [0.2, 0.25) is 0 Å². The van der Waals surface area contributed by atoms with Crippen LogP contribution in [-0.2, 0) is 0 Å². The molecular weight excluding hydrogens is 377 g/mol. The van der Waals surface area contributed by atoms with E-state index < -0.39 is 0 Å². The molecule has 0 amide bonds. The number of nitrogens with two attached hydrogens (primary N) is 1. The molecule has 2 aromatic carbocycles. The topological polar surface area (TPSA) is 26.0 Å². The van der Waals surface area contributed by atoms with Gasteiger partial charge in [-0.2, -0.15) is 0 Å². The van der Waals surface area contributed by atoms with Gasteiger partial charge in [0.15, 0.2) is 0 Å². The summed E-state index contributed by atoms with van der Waals surface area (Å²) < 4.78 is 1.06. The molecular formula is C15H14BrCl2NS. The van der Waals surface area contributed by atoms with Gasteiger partial charge in [-0.3, -0.25) is 0 Å². The highest BCUT2D eigenvalue weighted by molar-refractivity contribution is 9.10. The van der Waals surface area contributed by atoms with Crippen LogP contribution in [0.15, 0.2) is 51.8 Å². The van der Waals surface area contributed by atoms with Gasteiger partial charge in [0, 0.05) is 15.4 Å². The highest BCUT2D eigenvalue weighted by Gasteiger charge is 2.20. The zero-order valence-electron chi connectivity index (χ0n) is 10.8. The average molecular weight is 391 g/mol. The molecule has 0 fully saturated rings. The monoisotopic (exact) mass is 389 g/mol. The summed E-state index contributed by atoms with van der Waals surface area (Å²) in [6.07, 6.45) is 0. The number of benzene rings is 2. The highest BCUT2D eigenvalue weighted by atomic mass is 79.9. The fraction of sp³-hybridized carbons (Fsp3) is 0.200. The molecule has 0 aliphatic heterocycles. The van der Waals surface area contributed by atoms with Crippen molar-refractivity contribution in [2.45, 2.75) is 23.1 Å². The van der Waals surface area contributed by atoms with Gasteiger partial charge in [-0.15, -0.1) is 11.8 Å². The summed E-state index contributed by atoms with van der Waals surface area (Å²) in [5.74, 6) is 0. The first kappa shape index (κ1) is 16.2. The second-order valence-electron chi connectivity index (χ2n) is 4.49. The molecule has 0 saturated heterocycles. The molecule has 5 heteroatoms. The Morgan fingerprint density at radius 1 is 1.10 bits per heavy atom. The van der Waals surface area contributed by atoms with Crippen molar-refractivity contribution in [1.29, 1.82) is 0 Å². The van der Waals surface area contributed by atoms with Gasteiger partial charge < -0.3 is 5.73 Å². The van der Waals surface area contributed by atoms with E-state index in [1.165, 1.54) is 5.56 Å². The maximum Gasteiger partial charge on any atom is 0.0603 e. The van der Waals surface area contributed by atoms with Crippen LogP contribution in [0, 0.1) is 0 Å². The first-order valence-corrected chi connectivity index (χ1v) is 8.53. The van der Waals surface area contributed by atoms with E-state index in [4.69, 9.17) is 28.9 Å². The molecule has 0 spiro atoms. The standard InChI is InChI=1S/C15H14BrCl2NS/c1-9(19)15(11-4-2-3-5-12(11)16)20-10-6-7-13(17)14(18)8-10/h2-9,15H,19H2,1H3. The van der Waals surface area contributed by atoms with Gasteiger partial charge in [-0.1, -0.05) is 57.3 Å². The molecule has 20 heavy (non-hydrogen) atoms. The molecule has 0 aliphatic carbocycles. The molecule has 2 N–H and O–H groups in total. The number of rotatable bonds is 4. The Hall–Kier alpha value is -0.190. The van der Waals surface area contributed by atoms with Crippen LogP contribution in [-0.4, -0.2) is 6.04 Å². The van der Waals surface area contributed by atoms with Crippen molar-refractivity contribution < 1.29 is 0 Å². The Kier molecular flexibility index (Phi) is 5.82. The minimum Gasteiger partial charge on any atom is -0.327 e. The predicted molar refractivity (Wildman–Crippen MR) is 92.9 cm³/mol. The minimum atomic E-state index is 0.00755. The number of hydrogen-bond donors (Lipinski definition) is 1. The summed E-state index contributed by atoms with van der Waals surface area (Å²) in [5.41, 5.74) is 7.33. The minimum absolute atomic E-state index is 0.00755. The third-order valence-corrected chi connectivity index (χ3v) is 5.77. The Bertz CT molecular complexity index is 604. The Labute approximate surface area is 142 Å². The van der Waals surface area contributed by atoms with Crippen LogP contribution >= 0.6 is 50.9 Å². The summed E-state index contributed by atoms with van der Waals surface area (Å²) in [6, 6.07) is 13.8. The van der Waals surface area contributed by atoms with Crippen molar-refractivity contribution in [2.75, 3.05) is 0 Å². The van der Waals surface area contributed by atoms with Crippen molar-refractivity contribution in [3.8, 4) is 0 Å². The zero-order chi connectivity index (χ0) is 14.7. The van der Waals surface area contributed by atoms with Crippen LogP contribution in [0.1, 0.15) is 17.7 Å². The van der Waals surface area contributed by atoms with Crippen molar-refractivity contribution in [1.82, 2.24) is 0 Å². The molecule has 0 radical (unpaired) electrons. The van der Waals surface area contributed by atoms with Crippen molar-refractivity contribution in [3.05, 3.63) is 62.5 Å². The fourth-order valence-corrected chi connectivity index (χ4v) is 4.08. The van der Waals surface area contributed by atoms with Gasteiger partial charge >= 0.3 is 0 Å². The van der Waals surface area contributed by atoms with Crippen molar-refractivity contribution in [2.24, 2.45) is 5.73 Å². The molecule has 2 atom stereocenters. The Balaban J connectivity index is 2.31. The molecule has 0 heterocycles. The zero-order valence-corrected chi connectivity index (χ0v) is 14.7. The first-order chi connectivity index (χ1) is 9.49. The van der Waals surface area contributed by atoms with Crippen LogP contribution in [0.25, 0.3) is 0 Å². The first-order valence-electron chi connectivity index (χ1n) is 6.10. The number of hydrogen-bond acceptors (Lipinski definition) is 2. The lowest BCUT2D eigenvalue weighted by atomic mass is 10.1. The normalized spacial score (nSPS) is 14.1. The van der Waals surface area contributed by atoms with Crippen molar-refractivity contribution in [3.63, 3.8) is 0 Å². The lowest BCUT2D eigenvalue weighted by molar-refractivity contribution is 0.719. The second-order valence-corrected chi connectivity index (χ2v) is 7.38. The largest absolute Gasteiger partial charge is 0.327 e. The summed E-state index contributed by atoms with van der Waals surface area (Å²) >= 11 is 17.3. The van der Waals surface area contributed by atoms with E-state index in [0.29, 0.717) is 10.0 Å². The van der Waals surface area contributed by atoms with Gasteiger partial charge in [0.05, 0.1) is 15.3 Å². The maximum atomic E-state index is 6.15. The summed E-state index contributed by atoms with van der Waals surface area (Å²) in [4.78, 5) is 1.05. The Morgan fingerprint density at radius 2 is 1.80 bits per heavy atom. The van der Waals surface area contributed by atoms with E-state index in [1.807, 2.05) is 43.3 Å². The molecule has 106 valence electrons. The lowest BCUT2D eigenvalue weighted by Gasteiger charge is -2.22. The molecule has 0 bridgehead atoms. The van der Waals surface area contributed by atoms with E-state index in [9.17, 15) is 0 Å². The van der Waals surface area contributed by atoms with E-state index in [1.54, 1.807) is 11.8 Å². The lowest BCUT2D eigenvalue weighted by Crippen LogP contribution is -2.22. The molecule has 0 aromatic heterocycles. The van der Waals surface area contributed by atoms with Gasteiger partial charge in [-0.25, -0.2) is 0 Å². The van der Waals surface area contributed by atoms with Gasteiger partial charge in [0.1, 0.15) is 0 Å². The van der Waals surface area contributed by atoms with E-state index in [0.717, 1.165) is 9.37 Å². The average Bonchev–Trinajstić information content (AvgIpc) is 2.41. The quantitative estimate of drug-likeness (QED) is 0.654. The Morgan fingerprint density at radius 3 is 2.40 bits per heavy atom. The predicted octanol–water partition coefficient (Wildman–Crippen LogP) is 5.94. The highest BCUT2D eigenvalue weighted by Crippen LogP contribution is 2.41. The summed E-state index contributed by atoms with van der Waals surface area (Å²) in [6.45, 7) is 2.01. The molecule has 0 saturated carbocycles. The van der Waals surface area contributed by atoms with Gasteiger partial charge in [-0.05, 0) is 36.8 Å². The molecule has 2 unspecified atom stereocenters. The second kappa shape index (κ2) is 7.19. The van der Waals surface area contributed by atoms with Crippen LogP contribution in [0.5, 0.6) is 0 Å². The van der Waals surface area contributed by atoms with Gasteiger partial charge in [0.25, 0.3) is 0 Å². The van der Waals surface area contributed by atoms with E-state index >= 15 is 0 Å². The molecule has 1 nitrogen and oxygen atoms in total.